The number of rotatable bonds is 5. The average molecular weight is 319 g/mol. The normalized spacial score (nSPS) is 12.1. The Labute approximate surface area is 121 Å². The fraction of sp³-hybridized carbons (Fsp3) is 0.188. The second-order valence-electron chi connectivity index (χ2n) is 4.35. The van der Waals surface area contributed by atoms with E-state index in [2.05, 4.69) is 34.1 Å². The van der Waals surface area contributed by atoms with E-state index >= 15 is 0 Å². The summed E-state index contributed by atoms with van der Waals surface area (Å²) in [5.74, 6) is -0.762. The highest BCUT2D eigenvalue weighted by molar-refractivity contribution is 9.09. The van der Waals surface area contributed by atoms with Gasteiger partial charge in [-0.15, -0.1) is 0 Å². The van der Waals surface area contributed by atoms with Gasteiger partial charge in [0.1, 0.15) is 0 Å². The van der Waals surface area contributed by atoms with Gasteiger partial charge in [-0.25, -0.2) is 0 Å². The summed E-state index contributed by atoms with van der Waals surface area (Å²) in [6.07, 6.45) is 0.748. The van der Waals surface area contributed by atoms with Crippen molar-refractivity contribution in [2.75, 3.05) is 0 Å². The highest BCUT2D eigenvalue weighted by Crippen LogP contribution is 2.35. The first-order valence-electron chi connectivity index (χ1n) is 6.18. The van der Waals surface area contributed by atoms with E-state index in [4.69, 9.17) is 5.11 Å². The molecule has 0 aliphatic rings. The summed E-state index contributed by atoms with van der Waals surface area (Å²) < 4.78 is 0. The Bertz CT molecular complexity index is 552. The molecule has 0 aliphatic heterocycles. The highest BCUT2D eigenvalue weighted by atomic mass is 79.9. The van der Waals surface area contributed by atoms with Crippen molar-refractivity contribution < 1.29 is 9.90 Å². The maximum Gasteiger partial charge on any atom is 0.303 e. The quantitative estimate of drug-likeness (QED) is 0.814. The Balaban J connectivity index is 2.28. The molecule has 98 valence electrons. The van der Waals surface area contributed by atoms with Crippen LogP contribution in [0.1, 0.15) is 23.2 Å². The summed E-state index contributed by atoms with van der Waals surface area (Å²) in [5, 5.41) is 8.77. The van der Waals surface area contributed by atoms with Gasteiger partial charge in [-0.2, -0.15) is 0 Å². The molecule has 0 saturated heterocycles. The van der Waals surface area contributed by atoms with Crippen LogP contribution in [0.3, 0.4) is 0 Å². The van der Waals surface area contributed by atoms with Crippen molar-refractivity contribution in [3.05, 3.63) is 60.2 Å². The van der Waals surface area contributed by atoms with Crippen LogP contribution in [0.25, 0.3) is 11.1 Å². The molecule has 1 N–H and O–H groups in total. The lowest BCUT2D eigenvalue weighted by Crippen LogP contribution is -1.99. The molecule has 0 radical (unpaired) electrons. The van der Waals surface area contributed by atoms with Crippen molar-refractivity contribution in [3.63, 3.8) is 0 Å². The van der Waals surface area contributed by atoms with Crippen LogP contribution in [-0.4, -0.2) is 11.1 Å². The van der Waals surface area contributed by atoms with E-state index < -0.39 is 5.97 Å². The number of benzene rings is 2. The number of carboxylic acids is 1. The molecule has 0 aliphatic carbocycles. The zero-order valence-electron chi connectivity index (χ0n) is 10.4. The van der Waals surface area contributed by atoms with Crippen molar-refractivity contribution in [2.24, 2.45) is 0 Å². The Morgan fingerprint density at radius 1 is 1.05 bits per heavy atom. The molecule has 3 heteroatoms. The van der Waals surface area contributed by atoms with Gasteiger partial charge < -0.3 is 5.11 Å². The van der Waals surface area contributed by atoms with Crippen LogP contribution >= 0.6 is 15.9 Å². The molecule has 0 saturated carbocycles. The van der Waals surface area contributed by atoms with Crippen LogP contribution in [0.5, 0.6) is 0 Å². The fourth-order valence-corrected chi connectivity index (χ4v) is 2.68. The molecule has 1 unspecified atom stereocenters. The number of carboxylic acid groups (broad SMARTS) is 1. The van der Waals surface area contributed by atoms with Crippen LogP contribution in [0.15, 0.2) is 54.6 Å². The summed E-state index contributed by atoms with van der Waals surface area (Å²) in [5.41, 5.74) is 3.43. The number of carbonyl (C=O) groups is 1. The third-order valence-corrected chi connectivity index (χ3v) is 3.95. The van der Waals surface area contributed by atoms with Crippen LogP contribution in [0, 0.1) is 0 Å². The summed E-state index contributed by atoms with van der Waals surface area (Å²) in [6, 6.07) is 18.2. The Morgan fingerprint density at radius 3 is 2.37 bits per heavy atom. The van der Waals surface area contributed by atoms with E-state index in [0.717, 1.165) is 16.7 Å². The maximum atomic E-state index is 10.7. The Morgan fingerprint density at radius 2 is 1.68 bits per heavy atom. The molecule has 2 rings (SSSR count). The van der Waals surface area contributed by atoms with Crippen molar-refractivity contribution in [2.45, 2.75) is 17.7 Å². The van der Waals surface area contributed by atoms with Crippen molar-refractivity contribution >= 4 is 21.9 Å². The largest absolute Gasteiger partial charge is 0.481 e. The zero-order valence-corrected chi connectivity index (χ0v) is 12.0. The lowest BCUT2D eigenvalue weighted by molar-refractivity contribution is -0.137. The average Bonchev–Trinajstić information content (AvgIpc) is 2.45. The molecule has 0 aromatic heterocycles. The number of hydrogen-bond acceptors (Lipinski definition) is 1. The standard InChI is InChI=1S/C16H15BrO2/c17-15(10-11-16(18)19)14-9-5-4-8-13(14)12-6-2-1-3-7-12/h1-9,15H,10-11H2,(H,18,19). The summed E-state index contributed by atoms with van der Waals surface area (Å²) in [4.78, 5) is 10.7. The molecule has 2 nitrogen and oxygen atoms in total. The third kappa shape index (κ3) is 3.67. The van der Waals surface area contributed by atoms with Gasteiger partial charge in [-0.3, -0.25) is 4.79 Å². The molecular weight excluding hydrogens is 304 g/mol. The first-order chi connectivity index (χ1) is 9.18. The topological polar surface area (TPSA) is 37.3 Å². The smallest absolute Gasteiger partial charge is 0.303 e. The van der Waals surface area contributed by atoms with E-state index in [1.807, 2.05) is 36.4 Å². The van der Waals surface area contributed by atoms with Crippen molar-refractivity contribution in [1.82, 2.24) is 0 Å². The van der Waals surface area contributed by atoms with Gasteiger partial charge in [0, 0.05) is 11.2 Å². The first kappa shape index (κ1) is 13.8. The monoisotopic (exact) mass is 318 g/mol. The van der Waals surface area contributed by atoms with Gasteiger partial charge in [0.05, 0.1) is 0 Å². The molecule has 19 heavy (non-hydrogen) atoms. The minimum absolute atomic E-state index is 0.0556. The molecule has 0 fully saturated rings. The molecule has 1 atom stereocenters. The first-order valence-corrected chi connectivity index (χ1v) is 7.10. The number of hydrogen-bond donors (Lipinski definition) is 1. The van der Waals surface area contributed by atoms with E-state index in [-0.39, 0.29) is 11.2 Å². The molecular formula is C16H15BrO2. The van der Waals surface area contributed by atoms with Crippen LogP contribution in [-0.2, 0) is 4.79 Å². The summed E-state index contributed by atoms with van der Waals surface area (Å²) in [6.45, 7) is 0. The molecule has 0 bridgehead atoms. The minimum atomic E-state index is -0.762. The third-order valence-electron chi connectivity index (χ3n) is 2.99. The van der Waals surface area contributed by atoms with E-state index in [1.54, 1.807) is 0 Å². The van der Waals surface area contributed by atoms with Gasteiger partial charge >= 0.3 is 5.97 Å². The molecule has 0 heterocycles. The lowest BCUT2D eigenvalue weighted by Gasteiger charge is -2.14. The number of aliphatic carboxylic acids is 1. The van der Waals surface area contributed by atoms with Crippen molar-refractivity contribution in [3.8, 4) is 11.1 Å². The molecule has 0 amide bonds. The van der Waals surface area contributed by atoms with Crippen LogP contribution in [0.2, 0.25) is 0 Å². The molecule has 2 aromatic carbocycles. The van der Waals surface area contributed by atoms with Crippen LogP contribution in [0.4, 0.5) is 0 Å². The van der Waals surface area contributed by atoms with Gasteiger partial charge in [0.15, 0.2) is 0 Å². The fourth-order valence-electron chi connectivity index (χ4n) is 2.06. The van der Waals surface area contributed by atoms with Gasteiger partial charge in [0.25, 0.3) is 0 Å². The number of halogens is 1. The van der Waals surface area contributed by atoms with E-state index in [0.29, 0.717) is 6.42 Å². The summed E-state index contributed by atoms with van der Waals surface area (Å²) in [7, 11) is 0. The highest BCUT2D eigenvalue weighted by Gasteiger charge is 2.14. The van der Waals surface area contributed by atoms with E-state index in [9.17, 15) is 4.79 Å². The SMILES string of the molecule is O=C(O)CCC(Br)c1ccccc1-c1ccccc1. The second-order valence-corrected chi connectivity index (χ2v) is 5.46. The summed E-state index contributed by atoms with van der Waals surface area (Å²) >= 11 is 3.60. The van der Waals surface area contributed by atoms with Gasteiger partial charge in [-0.1, -0.05) is 70.5 Å². The number of alkyl halides is 1. The molecule has 0 spiro atoms. The predicted octanol–water partition coefficient (Wildman–Crippen LogP) is 4.65. The second kappa shape index (κ2) is 6.53. The lowest BCUT2D eigenvalue weighted by atomic mass is 9.96. The Hall–Kier alpha value is -1.61. The van der Waals surface area contributed by atoms with Gasteiger partial charge in [-0.05, 0) is 23.1 Å². The molecule has 2 aromatic rings. The van der Waals surface area contributed by atoms with Crippen LogP contribution < -0.4 is 0 Å². The van der Waals surface area contributed by atoms with Gasteiger partial charge in [0.2, 0.25) is 0 Å². The zero-order chi connectivity index (χ0) is 13.7. The van der Waals surface area contributed by atoms with E-state index in [1.165, 1.54) is 0 Å². The maximum absolute atomic E-state index is 10.7. The predicted molar refractivity (Wildman–Crippen MR) is 80.4 cm³/mol. The minimum Gasteiger partial charge on any atom is -0.481 e. The van der Waals surface area contributed by atoms with Crippen molar-refractivity contribution in [1.29, 1.82) is 0 Å². The Kier molecular flexibility index (Phi) is 4.74.